The molecule has 0 aliphatic carbocycles. The van der Waals surface area contributed by atoms with Gasteiger partial charge in [0.1, 0.15) is 12.4 Å². The highest BCUT2D eigenvalue weighted by atomic mass is 32.1. The van der Waals surface area contributed by atoms with Gasteiger partial charge < -0.3 is 5.32 Å². The number of carbonyl (C=O) groups is 1. The highest BCUT2D eigenvalue weighted by Gasteiger charge is 2.12. The Labute approximate surface area is 163 Å². The summed E-state index contributed by atoms with van der Waals surface area (Å²) in [4.78, 5) is 33.6. The Hall–Kier alpha value is -3.39. The van der Waals surface area contributed by atoms with E-state index in [0.717, 1.165) is 11.1 Å². The van der Waals surface area contributed by atoms with Crippen molar-refractivity contribution in [2.45, 2.75) is 13.5 Å². The van der Waals surface area contributed by atoms with E-state index >= 15 is 0 Å². The number of hydrogen-bond donors (Lipinski definition) is 1. The van der Waals surface area contributed by atoms with Gasteiger partial charge in [0.05, 0.1) is 22.9 Å². The monoisotopic (exact) mass is 394 g/mol. The summed E-state index contributed by atoms with van der Waals surface area (Å²) in [5.74, 6) is -0.701. The molecular weight excluding hydrogens is 379 g/mol. The van der Waals surface area contributed by atoms with Gasteiger partial charge in [0.25, 0.3) is 5.56 Å². The number of amides is 1. The fraction of sp³-hybridized carbons (Fsp3) is 0.100. The molecule has 2 aromatic heterocycles. The maximum absolute atomic E-state index is 13.0. The van der Waals surface area contributed by atoms with Gasteiger partial charge in [0, 0.05) is 10.9 Å². The summed E-state index contributed by atoms with van der Waals surface area (Å²) in [5, 5.41) is 5.34. The van der Waals surface area contributed by atoms with Crippen LogP contribution in [0.15, 0.2) is 59.0 Å². The van der Waals surface area contributed by atoms with E-state index in [1.807, 2.05) is 13.0 Å². The first-order chi connectivity index (χ1) is 13.5. The van der Waals surface area contributed by atoms with E-state index in [4.69, 9.17) is 0 Å². The van der Waals surface area contributed by atoms with Crippen LogP contribution in [-0.4, -0.2) is 20.4 Å². The van der Waals surface area contributed by atoms with Crippen molar-refractivity contribution in [3.8, 4) is 11.3 Å². The van der Waals surface area contributed by atoms with E-state index < -0.39 is 0 Å². The molecule has 4 rings (SSSR count). The molecule has 0 saturated heterocycles. The molecule has 0 unspecified atom stereocenters. The summed E-state index contributed by atoms with van der Waals surface area (Å²) < 4.78 is 14.3. The quantitative estimate of drug-likeness (QED) is 0.574. The molecule has 0 radical (unpaired) electrons. The van der Waals surface area contributed by atoms with E-state index in [-0.39, 0.29) is 23.8 Å². The Bertz CT molecular complexity index is 1230. The van der Waals surface area contributed by atoms with Gasteiger partial charge in [-0.3, -0.25) is 14.2 Å². The molecule has 1 N–H and O–H groups in total. The van der Waals surface area contributed by atoms with E-state index in [1.54, 1.807) is 29.6 Å². The number of anilines is 1. The van der Waals surface area contributed by atoms with Crippen LogP contribution >= 0.6 is 11.3 Å². The number of rotatable bonds is 4. The van der Waals surface area contributed by atoms with Gasteiger partial charge >= 0.3 is 0 Å². The van der Waals surface area contributed by atoms with E-state index in [1.165, 1.54) is 34.4 Å². The van der Waals surface area contributed by atoms with Crippen LogP contribution in [0.5, 0.6) is 0 Å². The van der Waals surface area contributed by atoms with Gasteiger partial charge in [0.2, 0.25) is 5.91 Å². The molecule has 0 atom stereocenters. The lowest BCUT2D eigenvalue weighted by Crippen LogP contribution is -2.28. The molecule has 4 aromatic rings. The number of nitrogens with one attached hydrogen (secondary N) is 1. The van der Waals surface area contributed by atoms with Crippen molar-refractivity contribution in [2.24, 2.45) is 0 Å². The normalized spacial score (nSPS) is 10.9. The molecule has 1 amide bonds. The molecule has 0 bridgehead atoms. The molecule has 0 aliphatic rings. The predicted molar refractivity (Wildman–Crippen MR) is 107 cm³/mol. The summed E-state index contributed by atoms with van der Waals surface area (Å²) in [5.41, 5.74) is 2.66. The minimum absolute atomic E-state index is 0.165. The summed E-state index contributed by atoms with van der Waals surface area (Å²) in [6, 6.07) is 11.3. The molecule has 2 aromatic carbocycles. The van der Waals surface area contributed by atoms with Crippen LogP contribution in [0.2, 0.25) is 0 Å². The third kappa shape index (κ3) is 3.54. The maximum atomic E-state index is 13.0. The second kappa shape index (κ2) is 7.32. The van der Waals surface area contributed by atoms with Crippen molar-refractivity contribution in [1.82, 2.24) is 14.5 Å². The molecule has 0 spiro atoms. The minimum Gasteiger partial charge on any atom is -0.300 e. The Balaban J connectivity index is 1.51. The van der Waals surface area contributed by atoms with E-state index in [9.17, 15) is 14.0 Å². The topological polar surface area (TPSA) is 76.9 Å². The van der Waals surface area contributed by atoms with Gasteiger partial charge in [-0.25, -0.2) is 14.4 Å². The number of halogens is 1. The molecule has 0 aliphatic heterocycles. The Morgan fingerprint density at radius 1 is 1.21 bits per heavy atom. The standard InChI is InChI=1S/C20H15FN4O2S/c1-12-3-2-4-15-18(12)22-11-25(19(15)27)9-17(26)24-20-23-16(10-28-20)13-5-7-14(21)8-6-13/h2-8,10-11H,9H2,1H3,(H,23,24,26). The number of para-hydroxylation sites is 1. The Kier molecular flexibility index (Phi) is 4.70. The number of nitrogens with zero attached hydrogens (tertiary/aromatic N) is 3. The number of fused-ring (bicyclic) bond motifs is 1. The first-order valence-corrected chi connectivity index (χ1v) is 9.35. The van der Waals surface area contributed by atoms with Crippen molar-refractivity contribution in [2.75, 3.05) is 5.32 Å². The number of hydrogen-bond acceptors (Lipinski definition) is 5. The predicted octanol–water partition coefficient (Wildman–Crippen LogP) is 3.61. The third-order valence-corrected chi connectivity index (χ3v) is 5.02. The van der Waals surface area contributed by atoms with Crippen LogP contribution in [0.25, 0.3) is 22.2 Å². The van der Waals surface area contributed by atoms with Crippen LogP contribution in [0, 0.1) is 12.7 Å². The number of benzene rings is 2. The van der Waals surface area contributed by atoms with Crippen molar-refractivity contribution in [3.63, 3.8) is 0 Å². The molecule has 6 nitrogen and oxygen atoms in total. The van der Waals surface area contributed by atoms with Gasteiger partial charge in [-0.15, -0.1) is 11.3 Å². The van der Waals surface area contributed by atoms with Crippen molar-refractivity contribution >= 4 is 33.3 Å². The fourth-order valence-corrected chi connectivity index (χ4v) is 3.58. The largest absolute Gasteiger partial charge is 0.300 e. The van der Waals surface area contributed by atoms with Gasteiger partial charge in [0.15, 0.2) is 5.13 Å². The summed E-state index contributed by atoms with van der Waals surface area (Å²) >= 11 is 1.26. The highest BCUT2D eigenvalue weighted by Crippen LogP contribution is 2.25. The van der Waals surface area contributed by atoms with E-state index in [2.05, 4.69) is 15.3 Å². The average Bonchev–Trinajstić information content (AvgIpc) is 3.13. The zero-order valence-electron chi connectivity index (χ0n) is 14.8. The Morgan fingerprint density at radius 3 is 2.79 bits per heavy atom. The first-order valence-electron chi connectivity index (χ1n) is 8.47. The smallest absolute Gasteiger partial charge is 0.261 e. The highest BCUT2D eigenvalue weighted by molar-refractivity contribution is 7.14. The molecule has 28 heavy (non-hydrogen) atoms. The summed E-state index contributed by atoms with van der Waals surface area (Å²) in [6.45, 7) is 1.72. The average molecular weight is 394 g/mol. The maximum Gasteiger partial charge on any atom is 0.261 e. The van der Waals surface area contributed by atoms with Gasteiger partial charge in [-0.1, -0.05) is 12.1 Å². The molecular formula is C20H15FN4O2S. The Morgan fingerprint density at radius 2 is 2.00 bits per heavy atom. The summed E-state index contributed by atoms with van der Waals surface area (Å²) in [6.07, 6.45) is 1.38. The van der Waals surface area contributed by atoms with E-state index in [0.29, 0.717) is 21.7 Å². The number of thiazole rings is 1. The van der Waals surface area contributed by atoms with Crippen LogP contribution in [-0.2, 0) is 11.3 Å². The lowest BCUT2D eigenvalue weighted by Gasteiger charge is -2.07. The van der Waals surface area contributed by atoms with Crippen molar-refractivity contribution in [3.05, 3.63) is 75.9 Å². The SMILES string of the molecule is Cc1cccc2c(=O)n(CC(=O)Nc3nc(-c4ccc(F)cc4)cs3)cnc12. The first kappa shape index (κ1) is 18.0. The molecule has 140 valence electrons. The molecule has 0 fully saturated rings. The third-order valence-electron chi connectivity index (χ3n) is 4.26. The van der Waals surface area contributed by atoms with Crippen LogP contribution < -0.4 is 10.9 Å². The zero-order chi connectivity index (χ0) is 19.7. The van der Waals surface area contributed by atoms with Gasteiger partial charge in [-0.2, -0.15) is 0 Å². The number of aryl methyl sites for hydroxylation is 1. The van der Waals surface area contributed by atoms with Gasteiger partial charge in [-0.05, 0) is 42.8 Å². The fourth-order valence-electron chi connectivity index (χ4n) is 2.85. The zero-order valence-corrected chi connectivity index (χ0v) is 15.7. The van der Waals surface area contributed by atoms with Crippen molar-refractivity contribution < 1.29 is 9.18 Å². The second-order valence-corrected chi connectivity index (χ2v) is 7.10. The van der Waals surface area contributed by atoms with Crippen LogP contribution in [0.4, 0.5) is 9.52 Å². The number of carbonyl (C=O) groups excluding carboxylic acids is 1. The number of aromatic nitrogens is 3. The van der Waals surface area contributed by atoms with Crippen molar-refractivity contribution in [1.29, 1.82) is 0 Å². The van der Waals surface area contributed by atoms with Crippen LogP contribution in [0.3, 0.4) is 0 Å². The second-order valence-electron chi connectivity index (χ2n) is 6.24. The van der Waals surface area contributed by atoms with Crippen LogP contribution in [0.1, 0.15) is 5.56 Å². The lowest BCUT2D eigenvalue weighted by atomic mass is 10.1. The molecule has 0 saturated carbocycles. The minimum atomic E-state index is -0.379. The molecule has 2 heterocycles. The summed E-state index contributed by atoms with van der Waals surface area (Å²) in [7, 11) is 0. The lowest BCUT2D eigenvalue weighted by molar-refractivity contribution is -0.116. The molecule has 8 heteroatoms.